The number of aromatic nitrogens is 3. The third-order valence-electron chi connectivity index (χ3n) is 4.41. The van der Waals surface area contributed by atoms with Crippen LogP contribution in [0.5, 0.6) is 11.5 Å². The quantitative estimate of drug-likeness (QED) is 0.707. The van der Waals surface area contributed by atoms with Crippen LogP contribution in [0.3, 0.4) is 0 Å². The van der Waals surface area contributed by atoms with E-state index in [1.165, 1.54) is 10.7 Å². The molecule has 0 aliphatic rings. The first kappa shape index (κ1) is 19.3. The molecular weight excluding hydrogens is 363 g/mol. The molecule has 0 bridgehead atoms. The minimum absolute atomic E-state index is 0.182. The summed E-state index contributed by atoms with van der Waals surface area (Å²) in [6, 6.07) is 10.1. The summed E-state index contributed by atoms with van der Waals surface area (Å²) in [6.07, 6.45) is 0. The molecule has 1 amide bonds. The molecule has 8 heteroatoms. The van der Waals surface area contributed by atoms with Crippen LogP contribution in [0.25, 0.3) is 5.69 Å². The molecule has 1 aromatic heterocycles. The number of nitrogens with zero attached hydrogens (tertiary/aromatic N) is 3. The Kier molecular flexibility index (Phi) is 5.58. The molecule has 3 aromatic rings. The summed E-state index contributed by atoms with van der Waals surface area (Å²) < 4.78 is 25.7. The number of carbonyl (C=O) groups excluding carboxylic acids is 1. The molecule has 0 radical (unpaired) electrons. The van der Waals surface area contributed by atoms with Crippen LogP contribution in [-0.4, -0.2) is 35.1 Å². The number of hydrogen-bond donors (Lipinski definition) is 1. The van der Waals surface area contributed by atoms with Gasteiger partial charge in [-0.05, 0) is 49.2 Å². The average molecular weight is 384 g/mol. The molecule has 0 unspecified atom stereocenters. The zero-order valence-electron chi connectivity index (χ0n) is 16.1. The normalized spacial score (nSPS) is 10.6. The monoisotopic (exact) mass is 384 g/mol. The minimum atomic E-state index is -0.369. The lowest BCUT2D eigenvalue weighted by Gasteiger charge is -2.10. The van der Waals surface area contributed by atoms with Gasteiger partial charge in [-0.1, -0.05) is 17.3 Å². The van der Waals surface area contributed by atoms with Crippen LogP contribution < -0.4 is 14.8 Å². The molecule has 3 rings (SSSR count). The molecule has 0 saturated heterocycles. The van der Waals surface area contributed by atoms with Crippen molar-refractivity contribution < 1.29 is 18.7 Å². The zero-order chi connectivity index (χ0) is 20.3. The lowest BCUT2D eigenvalue weighted by Crippen LogP contribution is -2.24. The first-order valence-corrected chi connectivity index (χ1v) is 8.62. The third kappa shape index (κ3) is 3.80. The minimum Gasteiger partial charge on any atom is -0.493 e. The summed E-state index contributed by atoms with van der Waals surface area (Å²) in [4.78, 5) is 12.5. The maximum Gasteiger partial charge on any atom is 0.274 e. The summed E-state index contributed by atoms with van der Waals surface area (Å²) in [5.74, 6) is 0.484. The van der Waals surface area contributed by atoms with E-state index in [4.69, 9.17) is 9.47 Å². The van der Waals surface area contributed by atoms with Crippen LogP contribution in [0, 0.1) is 19.7 Å². The molecule has 0 fully saturated rings. The van der Waals surface area contributed by atoms with Gasteiger partial charge in [0.2, 0.25) is 0 Å². The van der Waals surface area contributed by atoms with Gasteiger partial charge in [-0.2, -0.15) is 0 Å². The smallest absolute Gasteiger partial charge is 0.274 e. The van der Waals surface area contributed by atoms with Crippen LogP contribution in [-0.2, 0) is 6.54 Å². The summed E-state index contributed by atoms with van der Waals surface area (Å²) in [6.45, 7) is 3.67. The van der Waals surface area contributed by atoms with Crippen LogP contribution >= 0.6 is 0 Å². The van der Waals surface area contributed by atoms with E-state index >= 15 is 0 Å². The molecule has 0 saturated carbocycles. The Hall–Kier alpha value is -3.42. The Morgan fingerprint density at radius 3 is 2.54 bits per heavy atom. The van der Waals surface area contributed by atoms with E-state index in [1.54, 1.807) is 52.3 Å². The van der Waals surface area contributed by atoms with Crippen molar-refractivity contribution in [2.24, 2.45) is 0 Å². The van der Waals surface area contributed by atoms with Gasteiger partial charge < -0.3 is 14.8 Å². The van der Waals surface area contributed by atoms with Gasteiger partial charge in [0.25, 0.3) is 5.91 Å². The average Bonchev–Trinajstić information content (AvgIpc) is 3.09. The lowest BCUT2D eigenvalue weighted by atomic mass is 10.2. The standard InChI is InChI=1S/C20H21FN4O3/c1-12-5-7-15(10-16(12)21)25-13(2)19(23-24-25)20(26)22-11-14-6-8-17(27-3)18(9-14)28-4/h5-10H,11H2,1-4H3,(H,22,26). The zero-order valence-corrected chi connectivity index (χ0v) is 16.1. The van der Waals surface area contributed by atoms with Crippen molar-refractivity contribution in [2.75, 3.05) is 14.2 Å². The number of aryl methyl sites for hydroxylation is 1. The van der Waals surface area contributed by atoms with E-state index in [0.29, 0.717) is 28.4 Å². The summed E-state index contributed by atoms with van der Waals surface area (Å²) in [5.41, 5.74) is 2.59. The number of amides is 1. The van der Waals surface area contributed by atoms with E-state index < -0.39 is 0 Å². The lowest BCUT2D eigenvalue weighted by molar-refractivity contribution is 0.0945. The third-order valence-corrected chi connectivity index (χ3v) is 4.41. The molecule has 0 aliphatic heterocycles. The van der Waals surface area contributed by atoms with E-state index in [2.05, 4.69) is 15.6 Å². The molecule has 28 heavy (non-hydrogen) atoms. The van der Waals surface area contributed by atoms with Crippen molar-refractivity contribution >= 4 is 5.91 Å². The van der Waals surface area contributed by atoms with E-state index in [9.17, 15) is 9.18 Å². The number of ether oxygens (including phenoxy) is 2. The van der Waals surface area contributed by atoms with Crippen molar-refractivity contribution in [1.82, 2.24) is 20.3 Å². The van der Waals surface area contributed by atoms with Gasteiger partial charge in [-0.15, -0.1) is 5.10 Å². The predicted molar refractivity (Wildman–Crippen MR) is 102 cm³/mol. The van der Waals surface area contributed by atoms with Gasteiger partial charge in [-0.25, -0.2) is 9.07 Å². The Balaban J connectivity index is 1.75. The number of halogens is 1. The Morgan fingerprint density at radius 1 is 1.11 bits per heavy atom. The van der Waals surface area contributed by atoms with Crippen molar-refractivity contribution in [1.29, 1.82) is 0 Å². The summed E-state index contributed by atoms with van der Waals surface area (Å²) >= 11 is 0. The SMILES string of the molecule is COc1ccc(CNC(=O)c2nnn(-c3ccc(C)c(F)c3)c2C)cc1OC. The largest absolute Gasteiger partial charge is 0.493 e. The van der Waals surface area contributed by atoms with E-state index in [0.717, 1.165) is 5.56 Å². The highest BCUT2D eigenvalue weighted by molar-refractivity contribution is 5.93. The first-order chi connectivity index (χ1) is 13.4. The molecule has 0 spiro atoms. The summed E-state index contributed by atoms with van der Waals surface area (Å²) in [7, 11) is 3.11. The maximum atomic E-state index is 13.8. The highest BCUT2D eigenvalue weighted by Crippen LogP contribution is 2.27. The van der Waals surface area contributed by atoms with Crippen LogP contribution in [0.4, 0.5) is 4.39 Å². The molecule has 7 nitrogen and oxygen atoms in total. The van der Waals surface area contributed by atoms with Gasteiger partial charge in [0.15, 0.2) is 17.2 Å². The second-order valence-electron chi connectivity index (χ2n) is 6.24. The Bertz CT molecular complexity index is 1020. The Labute approximate surface area is 162 Å². The predicted octanol–water partition coefficient (Wildman–Crippen LogP) is 2.97. The topological polar surface area (TPSA) is 78.3 Å². The fourth-order valence-electron chi connectivity index (χ4n) is 2.75. The Morgan fingerprint density at radius 2 is 1.86 bits per heavy atom. The second kappa shape index (κ2) is 8.08. The van der Waals surface area contributed by atoms with Crippen molar-refractivity contribution in [2.45, 2.75) is 20.4 Å². The fraction of sp³-hybridized carbons (Fsp3) is 0.250. The number of methoxy groups -OCH3 is 2. The summed E-state index contributed by atoms with van der Waals surface area (Å²) in [5, 5.41) is 10.7. The van der Waals surface area contributed by atoms with Gasteiger partial charge >= 0.3 is 0 Å². The molecule has 0 aliphatic carbocycles. The molecular formula is C20H21FN4O3. The van der Waals surface area contributed by atoms with Gasteiger partial charge in [0.1, 0.15) is 5.82 Å². The van der Waals surface area contributed by atoms with Gasteiger partial charge in [0, 0.05) is 6.54 Å². The molecule has 1 N–H and O–H groups in total. The van der Waals surface area contributed by atoms with Crippen LogP contribution in [0.1, 0.15) is 27.3 Å². The first-order valence-electron chi connectivity index (χ1n) is 8.62. The maximum absolute atomic E-state index is 13.8. The van der Waals surface area contributed by atoms with Crippen molar-refractivity contribution in [3.8, 4) is 17.2 Å². The second-order valence-corrected chi connectivity index (χ2v) is 6.24. The number of hydrogen-bond acceptors (Lipinski definition) is 5. The number of nitrogens with one attached hydrogen (secondary N) is 1. The van der Waals surface area contributed by atoms with E-state index in [-0.39, 0.29) is 24.0 Å². The number of rotatable bonds is 6. The van der Waals surface area contributed by atoms with Crippen LogP contribution in [0.15, 0.2) is 36.4 Å². The van der Waals surface area contributed by atoms with Crippen LogP contribution in [0.2, 0.25) is 0 Å². The van der Waals surface area contributed by atoms with Crippen molar-refractivity contribution in [3.63, 3.8) is 0 Å². The molecule has 1 heterocycles. The highest BCUT2D eigenvalue weighted by atomic mass is 19.1. The number of carbonyl (C=O) groups is 1. The van der Waals surface area contributed by atoms with Gasteiger partial charge in [-0.3, -0.25) is 4.79 Å². The fourth-order valence-corrected chi connectivity index (χ4v) is 2.75. The van der Waals surface area contributed by atoms with Gasteiger partial charge in [0.05, 0.1) is 25.6 Å². The molecule has 0 atom stereocenters. The molecule has 146 valence electrons. The highest BCUT2D eigenvalue weighted by Gasteiger charge is 2.18. The number of benzene rings is 2. The van der Waals surface area contributed by atoms with Crippen molar-refractivity contribution in [3.05, 3.63) is 64.7 Å². The van der Waals surface area contributed by atoms with E-state index in [1.807, 2.05) is 6.07 Å². The molecule has 2 aromatic carbocycles.